The summed E-state index contributed by atoms with van der Waals surface area (Å²) >= 11 is 1.72. The van der Waals surface area contributed by atoms with Crippen molar-refractivity contribution in [2.45, 2.75) is 56.9 Å². The smallest absolute Gasteiger partial charge is 0.248 e. The number of unbranched alkanes of at least 4 members (excludes halogenated alkanes) is 3. The minimum Gasteiger partial charge on any atom is -0.327 e. The molecule has 2 rings (SSSR count). The highest BCUT2D eigenvalue weighted by atomic mass is 32.2. The first-order chi connectivity index (χ1) is 10.5. The van der Waals surface area contributed by atoms with Gasteiger partial charge in [0.1, 0.15) is 0 Å². The lowest BCUT2D eigenvalue weighted by Gasteiger charge is -2.52. The Labute approximate surface area is 137 Å². The average Bonchev–Trinajstić information content (AvgIpc) is 2.89. The molecule has 0 radical (unpaired) electrons. The number of carbonyl (C=O) groups excluding carboxylic acids is 2. The normalized spacial score (nSPS) is 28.8. The molecule has 2 heterocycles. The van der Waals surface area contributed by atoms with Crippen molar-refractivity contribution in [1.29, 1.82) is 0 Å². The molecule has 0 aromatic heterocycles. The maximum absolute atomic E-state index is 12.0. The zero-order valence-electron chi connectivity index (χ0n) is 13.6. The van der Waals surface area contributed by atoms with Gasteiger partial charge in [-0.15, -0.1) is 11.8 Å². The summed E-state index contributed by atoms with van der Waals surface area (Å²) in [4.78, 5) is 28.0. The Morgan fingerprint density at radius 3 is 2.86 bits per heavy atom. The monoisotopic (exact) mass is 328 g/mol. The SMILES string of the molecule is CCCCCC[C@]1(C)[C@H]2SCC(=O)N2CCN1CC(=O)NN. The molecule has 0 aromatic carbocycles. The number of nitrogens with two attached hydrogens (primary N) is 1. The topological polar surface area (TPSA) is 78.7 Å². The molecule has 2 aliphatic heterocycles. The van der Waals surface area contributed by atoms with Crippen LogP contribution < -0.4 is 11.3 Å². The van der Waals surface area contributed by atoms with Crippen LogP contribution in [0.25, 0.3) is 0 Å². The summed E-state index contributed by atoms with van der Waals surface area (Å²) < 4.78 is 0. The fraction of sp³-hybridized carbons (Fsp3) is 0.867. The van der Waals surface area contributed by atoms with Crippen molar-refractivity contribution in [1.82, 2.24) is 15.2 Å². The van der Waals surface area contributed by atoms with Gasteiger partial charge in [0.2, 0.25) is 11.8 Å². The first kappa shape index (κ1) is 17.6. The highest BCUT2D eigenvalue weighted by Crippen LogP contribution is 2.42. The maximum atomic E-state index is 12.0. The van der Waals surface area contributed by atoms with Crippen molar-refractivity contribution >= 4 is 23.6 Å². The highest BCUT2D eigenvalue weighted by molar-refractivity contribution is 8.01. The van der Waals surface area contributed by atoms with Gasteiger partial charge in [-0.25, -0.2) is 5.84 Å². The predicted octanol–water partition coefficient (Wildman–Crippen LogP) is 0.923. The molecule has 0 aromatic rings. The molecular formula is C15H28N4O2S. The Balaban J connectivity index is 2.10. The summed E-state index contributed by atoms with van der Waals surface area (Å²) in [5, 5.41) is 0.154. The summed E-state index contributed by atoms with van der Waals surface area (Å²) in [6.45, 7) is 6.15. The van der Waals surface area contributed by atoms with Crippen LogP contribution in [0.15, 0.2) is 0 Å². The second-order valence-corrected chi connectivity index (χ2v) is 7.48. The Bertz CT molecular complexity index is 420. The molecule has 126 valence electrons. The van der Waals surface area contributed by atoms with Gasteiger partial charge in [0.25, 0.3) is 0 Å². The lowest BCUT2D eigenvalue weighted by atomic mass is 9.88. The van der Waals surface area contributed by atoms with Crippen molar-refractivity contribution in [3.8, 4) is 0 Å². The van der Waals surface area contributed by atoms with Gasteiger partial charge in [0.15, 0.2) is 0 Å². The molecule has 0 aliphatic carbocycles. The summed E-state index contributed by atoms with van der Waals surface area (Å²) in [6.07, 6.45) is 5.78. The number of carbonyl (C=O) groups is 2. The van der Waals surface area contributed by atoms with Crippen molar-refractivity contribution in [2.75, 3.05) is 25.4 Å². The maximum Gasteiger partial charge on any atom is 0.248 e. The van der Waals surface area contributed by atoms with E-state index in [-0.39, 0.29) is 22.7 Å². The van der Waals surface area contributed by atoms with E-state index in [0.717, 1.165) is 19.4 Å². The molecular weight excluding hydrogens is 300 g/mol. The van der Waals surface area contributed by atoms with Crippen molar-refractivity contribution < 1.29 is 9.59 Å². The van der Waals surface area contributed by atoms with Crippen LogP contribution in [0.5, 0.6) is 0 Å². The molecule has 2 fully saturated rings. The van der Waals surface area contributed by atoms with E-state index in [2.05, 4.69) is 24.2 Å². The zero-order chi connectivity index (χ0) is 16.2. The third kappa shape index (κ3) is 3.58. The van der Waals surface area contributed by atoms with E-state index in [0.29, 0.717) is 18.8 Å². The Kier molecular flexibility index (Phi) is 6.11. The molecule has 0 spiro atoms. The van der Waals surface area contributed by atoms with Crippen LogP contribution in [0.2, 0.25) is 0 Å². The number of fused-ring (bicyclic) bond motifs is 1. The summed E-state index contributed by atoms with van der Waals surface area (Å²) in [7, 11) is 0. The Morgan fingerprint density at radius 1 is 1.41 bits per heavy atom. The molecule has 0 saturated carbocycles. The first-order valence-electron chi connectivity index (χ1n) is 8.18. The zero-order valence-corrected chi connectivity index (χ0v) is 14.5. The van der Waals surface area contributed by atoms with Gasteiger partial charge in [-0.05, 0) is 13.3 Å². The van der Waals surface area contributed by atoms with Gasteiger partial charge in [0, 0.05) is 18.6 Å². The lowest BCUT2D eigenvalue weighted by Crippen LogP contribution is -2.66. The van der Waals surface area contributed by atoms with Crippen LogP contribution in [-0.4, -0.2) is 57.9 Å². The van der Waals surface area contributed by atoms with Crippen LogP contribution in [0.4, 0.5) is 0 Å². The molecule has 2 atom stereocenters. The molecule has 0 unspecified atom stereocenters. The Morgan fingerprint density at radius 2 is 2.18 bits per heavy atom. The van der Waals surface area contributed by atoms with Gasteiger partial charge in [-0.3, -0.25) is 19.9 Å². The molecule has 7 heteroatoms. The third-order valence-electron chi connectivity index (χ3n) is 4.87. The molecule has 2 aliphatic rings. The lowest BCUT2D eigenvalue weighted by molar-refractivity contribution is -0.136. The number of thioether (sulfide) groups is 1. The number of piperazine rings is 1. The number of rotatable bonds is 7. The molecule has 6 nitrogen and oxygen atoms in total. The van der Waals surface area contributed by atoms with E-state index in [9.17, 15) is 9.59 Å². The van der Waals surface area contributed by atoms with Crippen molar-refractivity contribution in [3.63, 3.8) is 0 Å². The number of nitrogens with zero attached hydrogens (tertiary/aromatic N) is 2. The van der Waals surface area contributed by atoms with E-state index < -0.39 is 0 Å². The summed E-state index contributed by atoms with van der Waals surface area (Å²) in [6, 6.07) is 0. The van der Waals surface area contributed by atoms with Crippen molar-refractivity contribution in [3.05, 3.63) is 0 Å². The molecule has 3 N–H and O–H groups in total. The number of nitrogens with one attached hydrogen (secondary N) is 1. The van der Waals surface area contributed by atoms with E-state index in [4.69, 9.17) is 5.84 Å². The number of hydrazine groups is 1. The van der Waals surface area contributed by atoms with Gasteiger partial charge < -0.3 is 4.90 Å². The summed E-state index contributed by atoms with van der Waals surface area (Å²) in [5.74, 6) is 5.88. The highest BCUT2D eigenvalue weighted by Gasteiger charge is 2.50. The second-order valence-electron chi connectivity index (χ2n) is 6.41. The van der Waals surface area contributed by atoms with Crippen LogP contribution in [0.1, 0.15) is 46.0 Å². The van der Waals surface area contributed by atoms with E-state index >= 15 is 0 Å². The molecule has 2 amide bonds. The number of amides is 2. The summed E-state index contributed by atoms with van der Waals surface area (Å²) in [5.41, 5.74) is 2.07. The van der Waals surface area contributed by atoms with Crippen LogP contribution in [0.3, 0.4) is 0 Å². The minimum absolute atomic E-state index is 0.154. The fourth-order valence-corrected chi connectivity index (χ4v) is 5.02. The number of hydrogen-bond acceptors (Lipinski definition) is 5. The van der Waals surface area contributed by atoms with Gasteiger partial charge >= 0.3 is 0 Å². The minimum atomic E-state index is -0.164. The van der Waals surface area contributed by atoms with Gasteiger partial charge in [0.05, 0.1) is 17.7 Å². The van der Waals surface area contributed by atoms with E-state index in [1.54, 1.807) is 11.8 Å². The van der Waals surface area contributed by atoms with Crippen LogP contribution >= 0.6 is 11.8 Å². The largest absolute Gasteiger partial charge is 0.327 e. The number of hydrogen-bond donors (Lipinski definition) is 2. The average molecular weight is 328 g/mol. The van der Waals surface area contributed by atoms with Crippen molar-refractivity contribution in [2.24, 2.45) is 5.84 Å². The second kappa shape index (κ2) is 7.66. The van der Waals surface area contributed by atoms with E-state index in [1.165, 1.54) is 19.3 Å². The molecule has 22 heavy (non-hydrogen) atoms. The van der Waals surface area contributed by atoms with E-state index in [1.807, 2.05) is 4.90 Å². The first-order valence-corrected chi connectivity index (χ1v) is 9.23. The van der Waals surface area contributed by atoms with Crippen LogP contribution in [-0.2, 0) is 9.59 Å². The predicted molar refractivity (Wildman–Crippen MR) is 89.0 cm³/mol. The molecule has 0 bridgehead atoms. The quantitative estimate of drug-likeness (QED) is 0.314. The third-order valence-corrected chi connectivity index (χ3v) is 6.36. The van der Waals surface area contributed by atoms with Gasteiger partial charge in [-0.2, -0.15) is 0 Å². The van der Waals surface area contributed by atoms with Crippen LogP contribution in [0, 0.1) is 0 Å². The standard InChI is InChI=1S/C15H28N4O2S/c1-3-4-5-6-7-15(2)14-19(13(21)11-22-14)9-8-18(15)10-12(20)17-16/h14H,3-11,16H2,1-2H3,(H,17,20)/t14-,15-/m1/s1. The fourth-order valence-electron chi connectivity index (χ4n) is 3.52. The molecule has 2 saturated heterocycles. The Hall–Kier alpha value is -0.790. The van der Waals surface area contributed by atoms with Gasteiger partial charge in [-0.1, -0.05) is 32.6 Å².